The van der Waals surface area contributed by atoms with Crippen LogP contribution in [0.3, 0.4) is 0 Å². The summed E-state index contributed by atoms with van der Waals surface area (Å²) in [6.45, 7) is 0.854. The molecule has 4 nitrogen and oxygen atoms in total. The molecule has 0 aliphatic heterocycles. The van der Waals surface area contributed by atoms with Crippen molar-refractivity contribution in [3.63, 3.8) is 0 Å². The molecule has 2 aromatic rings. The van der Waals surface area contributed by atoms with E-state index in [1.165, 1.54) is 16.8 Å². The van der Waals surface area contributed by atoms with E-state index in [9.17, 15) is 9.18 Å². The summed E-state index contributed by atoms with van der Waals surface area (Å²) in [5, 5.41) is 2.88. The van der Waals surface area contributed by atoms with Crippen molar-refractivity contribution in [2.24, 2.45) is 5.73 Å². The molecular weight excluding hydrogens is 221 g/mol. The van der Waals surface area contributed by atoms with Crippen LogP contribution < -0.4 is 11.3 Å². The van der Waals surface area contributed by atoms with Crippen molar-refractivity contribution in [1.29, 1.82) is 0 Å². The van der Waals surface area contributed by atoms with Gasteiger partial charge in [-0.05, 0) is 30.7 Å². The summed E-state index contributed by atoms with van der Waals surface area (Å²) >= 11 is 0. The zero-order valence-electron chi connectivity index (χ0n) is 9.32. The first kappa shape index (κ1) is 11.6. The predicted octanol–water partition coefficient (Wildman–Crippen LogP) is 0.865. The van der Waals surface area contributed by atoms with Crippen molar-refractivity contribution in [2.45, 2.75) is 13.0 Å². The summed E-state index contributed by atoms with van der Waals surface area (Å²) in [7, 11) is 0. The molecule has 0 aliphatic carbocycles. The van der Waals surface area contributed by atoms with Crippen molar-refractivity contribution in [1.82, 2.24) is 9.78 Å². The standard InChI is InChI=1S/C12H14FN3O/c13-11-3-1-9(2-4-11)8-16-12(17)10(5-6-14)7-15-16/h1-4,7,15H,5-6,8,14H2. The molecule has 0 saturated carbocycles. The number of H-pyrrole nitrogens is 1. The number of hydrogen-bond acceptors (Lipinski definition) is 2. The molecule has 1 aromatic heterocycles. The maximum absolute atomic E-state index is 12.7. The number of nitrogens with zero attached hydrogens (tertiary/aromatic N) is 1. The van der Waals surface area contributed by atoms with Crippen LogP contribution in [0, 0.1) is 5.82 Å². The van der Waals surface area contributed by atoms with E-state index in [-0.39, 0.29) is 11.4 Å². The van der Waals surface area contributed by atoms with Crippen LogP contribution in [0.25, 0.3) is 0 Å². The van der Waals surface area contributed by atoms with Crippen LogP contribution >= 0.6 is 0 Å². The zero-order chi connectivity index (χ0) is 12.3. The molecular formula is C12H14FN3O. The summed E-state index contributed by atoms with van der Waals surface area (Å²) in [5.74, 6) is -0.281. The minimum atomic E-state index is -0.281. The van der Waals surface area contributed by atoms with Crippen molar-refractivity contribution < 1.29 is 4.39 Å². The molecule has 0 radical (unpaired) electrons. The Kier molecular flexibility index (Phi) is 3.39. The third kappa shape index (κ3) is 2.62. The van der Waals surface area contributed by atoms with E-state index in [4.69, 9.17) is 5.73 Å². The Morgan fingerprint density at radius 1 is 1.29 bits per heavy atom. The van der Waals surface area contributed by atoms with Gasteiger partial charge in [-0.25, -0.2) is 9.07 Å². The maximum atomic E-state index is 12.7. The quantitative estimate of drug-likeness (QED) is 0.825. The summed E-state index contributed by atoms with van der Waals surface area (Å²) in [6.07, 6.45) is 2.23. The van der Waals surface area contributed by atoms with Crippen molar-refractivity contribution in [3.05, 3.63) is 57.8 Å². The molecule has 2 rings (SSSR count). The van der Waals surface area contributed by atoms with Gasteiger partial charge >= 0.3 is 0 Å². The van der Waals surface area contributed by atoms with Gasteiger partial charge in [-0.3, -0.25) is 4.79 Å². The molecule has 0 fully saturated rings. The molecule has 1 aromatic carbocycles. The highest BCUT2D eigenvalue weighted by atomic mass is 19.1. The Morgan fingerprint density at radius 2 is 2.00 bits per heavy atom. The van der Waals surface area contributed by atoms with Gasteiger partial charge in [-0.15, -0.1) is 0 Å². The third-order valence-corrected chi connectivity index (χ3v) is 2.58. The molecule has 5 heteroatoms. The number of nitrogens with one attached hydrogen (secondary N) is 1. The second-order valence-electron chi connectivity index (χ2n) is 3.86. The second-order valence-corrected chi connectivity index (χ2v) is 3.86. The first-order valence-electron chi connectivity index (χ1n) is 5.42. The Balaban J connectivity index is 2.19. The Morgan fingerprint density at radius 3 is 2.65 bits per heavy atom. The van der Waals surface area contributed by atoms with Crippen LogP contribution in [0.1, 0.15) is 11.1 Å². The number of rotatable bonds is 4. The van der Waals surface area contributed by atoms with E-state index in [1.54, 1.807) is 18.3 Å². The molecule has 0 unspecified atom stereocenters. The first-order valence-corrected chi connectivity index (χ1v) is 5.42. The minimum absolute atomic E-state index is 0.0697. The number of aromatic nitrogens is 2. The fourth-order valence-electron chi connectivity index (χ4n) is 1.67. The van der Waals surface area contributed by atoms with Gasteiger partial charge in [-0.1, -0.05) is 12.1 Å². The smallest absolute Gasteiger partial charge is 0.269 e. The lowest BCUT2D eigenvalue weighted by molar-refractivity contribution is 0.622. The lowest BCUT2D eigenvalue weighted by Gasteiger charge is -2.01. The van der Waals surface area contributed by atoms with Crippen LogP contribution in [0.2, 0.25) is 0 Å². The molecule has 0 bridgehead atoms. The van der Waals surface area contributed by atoms with E-state index in [2.05, 4.69) is 5.10 Å². The molecule has 0 saturated heterocycles. The Labute approximate surface area is 97.9 Å². The topological polar surface area (TPSA) is 63.8 Å². The molecule has 3 N–H and O–H groups in total. The summed E-state index contributed by atoms with van der Waals surface area (Å²) in [6, 6.07) is 6.07. The number of hydrogen-bond donors (Lipinski definition) is 2. The van der Waals surface area contributed by atoms with Gasteiger partial charge in [-0.2, -0.15) is 0 Å². The van der Waals surface area contributed by atoms with Crippen LogP contribution in [0.5, 0.6) is 0 Å². The highest BCUT2D eigenvalue weighted by Gasteiger charge is 2.05. The monoisotopic (exact) mass is 235 g/mol. The normalized spacial score (nSPS) is 10.7. The van der Waals surface area contributed by atoms with E-state index in [0.717, 1.165) is 5.56 Å². The lowest BCUT2D eigenvalue weighted by atomic mass is 10.2. The van der Waals surface area contributed by atoms with E-state index in [1.807, 2.05) is 0 Å². The second kappa shape index (κ2) is 4.97. The summed E-state index contributed by atoms with van der Waals surface area (Å²) < 4.78 is 14.2. The SMILES string of the molecule is NCCc1c[nH]n(Cc2ccc(F)cc2)c1=O. The summed E-state index contributed by atoms with van der Waals surface area (Å²) in [5.41, 5.74) is 6.88. The average molecular weight is 235 g/mol. The predicted molar refractivity (Wildman–Crippen MR) is 63.3 cm³/mol. The van der Waals surface area contributed by atoms with Gasteiger partial charge < -0.3 is 10.8 Å². The largest absolute Gasteiger partial charge is 0.330 e. The Bertz CT molecular complexity index is 542. The average Bonchev–Trinajstić information content (AvgIpc) is 2.65. The van der Waals surface area contributed by atoms with Crippen molar-refractivity contribution in [2.75, 3.05) is 6.54 Å². The van der Waals surface area contributed by atoms with Crippen LogP contribution in [-0.2, 0) is 13.0 Å². The molecule has 90 valence electrons. The lowest BCUT2D eigenvalue weighted by Crippen LogP contribution is -2.21. The van der Waals surface area contributed by atoms with Gasteiger partial charge in [0.25, 0.3) is 5.56 Å². The fraction of sp³-hybridized carbons (Fsp3) is 0.250. The number of halogens is 1. The van der Waals surface area contributed by atoms with Gasteiger partial charge in [0.05, 0.1) is 6.54 Å². The Hall–Kier alpha value is -1.88. The van der Waals surface area contributed by atoms with Crippen LogP contribution in [0.15, 0.2) is 35.3 Å². The zero-order valence-corrected chi connectivity index (χ0v) is 9.32. The van der Waals surface area contributed by atoms with Crippen LogP contribution in [0.4, 0.5) is 4.39 Å². The van der Waals surface area contributed by atoms with Gasteiger partial charge in [0.15, 0.2) is 0 Å². The molecule has 1 heterocycles. The molecule has 0 spiro atoms. The van der Waals surface area contributed by atoms with Gasteiger partial charge in [0.1, 0.15) is 5.82 Å². The minimum Gasteiger partial charge on any atom is -0.330 e. The van der Waals surface area contributed by atoms with Crippen molar-refractivity contribution in [3.8, 4) is 0 Å². The highest BCUT2D eigenvalue weighted by molar-refractivity contribution is 5.17. The molecule has 17 heavy (non-hydrogen) atoms. The number of aromatic amines is 1. The number of benzene rings is 1. The fourth-order valence-corrected chi connectivity index (χ4v) is 1.67. The molecule has 0 atom stereocenters. The van der Waals surface area contributed by atoms with Crippen molar-refractivity contribution >= 4 is 0 Å². The first-order chi connectivity index (χ1) is 8.20. The molecule has 0 aliphatic rings. The van der Waals surface area contributed by atoms with Crippen LogP contribution in [-0.4, -0.2) is 16.3 Å². The van der Waals surface area contributed by atoms with E-state index < -0.39 is 0 Å². The van der Waals surface area contributed by atoms with Gasteiger partial charge in [0.2, 0.25) is 0 Å². The van der Waals surface area contributed by atoms with E-state index in [0.29, 0.717) is 25.1 Å². The summed E-state index contributed by atoms with van der Waals surface area (Å²) in [4.78, 5) is 11.8. The maximum Gasteiger partial charge on any atom is 0.269 e. The van der Waals surface area contributed by atoms with Gasteiger partial charge in [0, 0.05) is 11.8 Å². The number of nitrogens with two attached hydrogens (primary N) is 1. The highest BCUT2D eigenvalue weighted by Crippen LogP contribution is 2.03. The van der Waals surface area contributed by atoms with E-state index >= 15 is 0 Å². The third-order valence-electron chi connectivity index (χ3n) is 2.58. The molecule has 0 amide bonds.